The molecule has 3 aromatic heterocycles. The monoisotopic (exact) mass is 652 g/mol. The molecular formula is C46H30N5+. The van der Waals surface area contributed by atoms with Crippen LogP contribution in [0.5, 0.6) is 0 Å². The van der Waals surface area contributed by atoms with Gasteiger partial charge in [-0.3, -0.25) is 4.57 Å². The summed E-state index contributed by atoms with van der Waals surface area (Å²) in [5.41, 5.74) is 12.0. The van der Waals surface area contributed by atoms with Crippen molar-refractivity contribution < 1.29 is 0 Å². The lowest BCUT2D eigenvalue weighted by molar-refractivity contribution is 0.781. The van der Waals surface area contributed by atoms with Gasteiger partial charge in [-0.2, -0.15) is 4.58 Å². The Hall–Kier alpha value is -6.85. The van der Waals surface area contributed by atoms with Gasteiger partial charge in [-0.15, -0.1) is 0 Å². The molecule has 6 aromatic carbocycles. The summed E-state index contributed by atoms with van der Waals surface area (Å²) < 4.78 is 7.22. The van der Waals surface area contributed by atoms with Gasteiger partial charge in [0.2, 0.25) is 23.0 Å². The van der Waals surface area contributed by atoms with Crippen LogP contribution in [0, 0.1) is 0 Å². The minimum atomic E-state index is 0.0303. The van der Waals surface area contributed by atoms with Crippen molar-refractivity contribution in [3.05, 3.63) is 176 Å². The molecule has 0 radical (unpaired) electrons. The number of fused-ring (bicyclic) bond motifs is 8. The first-order valence-corrected chi connectivity index (χ1v) is 17.4. The smallest absolute Gasteiger partial charge is 0.235 e. The van der Waals surface area contributed by atoms with Crippen molar-refractivity contribution in [1.82, 2.24) is 23.7 Å². The quantitative estimate of drug-likeness (QED) is 0.178. The molecule has 1 aliphatic carbocycles. The van der Waals surface area contributed by atoms with Gasteiger partial charge in [0.1, 0.15) is 11.6 Å². The van der Waals surface area contributed by atoms with Crippen molar-refractivity contribution in [2.24, 2.45) is 0 Å². The third-order valence-electron chi connectivity index (χ3n) is 10.4. The number of hydrogen-bond donors (Lipinski definition) is 0. The molecule has 0 saturated heterocycles. The van der Waals surface area contributed by atoms with E-state index >= 15 is 0 Å². The zero-order valence-electron chi connectivity index (χ0n) is 27.6. The summed E-state index contributed by atoms with van der Waals surface area (Å²) in [7, 11) is 0. The largest absolute Gasteiger partial charge is 0.318 e. The van der Waals surface area contributed by atoms with Crippen molar-refractivity contribution in [3.63, 3.8) is 0 Å². The number of aromatic nitrogens is 4. The Morgan fingerprint density at radius 1 is 0.510 bits per heavy atom. The van der Waals surface area contributed by atoms with Crippen LogP contribution in [-0.2, 0) is 0 Å². The number of rotatable bonds is 4. The second-order valence-corrected chi connectivity index (χ2v) is 13.2. The Morgan fingerprint density at radius 3 is 1.90 bits per heavy atom. The standard InChI is InChI=1S/C46H30N5/c1-4-15-30(16-5-1)37-28-38(31-17-6-2-7-18-31)48-46(47-37)51-39-23-11-10-21-33(39)35-27-36-34-22-14-26-42-45(34)50(43(36)29-44(35)51)41-25-13-12-24-40(41)49(42)32-19-8-3-9-20-32/h1-29,41H/q+1. The molecule has 4 heterocycles. The Morgan fingerprint density at radius 2 is 1.16 bits per heavy atom. The predicted molar refractivity (Wildman–Crippen MR) is 210 cm³/mol. The average Bonchev–Trinajstić information content (AvgIpc) is 3.71. The lowest BCUT2D eigenvalue weighted by Gasteiger charge is -2.24. The molecule has 5 heteroatoms. The summed E-state index contributed by atoms with van der Waals surface area (Å²) in [4.78, 5) is 10.6. The molecule has 0 bridgehead atoms. The number of nitrogens with zero attached hydrogens (tertiary/aromatic N) is 5. The molecule has 1 atom stereocenters. The number of allylic oxidation sites excluding steroid dienone is 4. The second-order valence-electron chi connectivity index (χ2n) is 13.2. The molecule has 5 nitrogen and oxygen atoms in total. The van der Waals surface area contributed by atoms with Crippen molar-refractivity contribution >= 4 is 60.7 Å². The van der Waals surface area contributed by atoms with E-state index in [-0.39, 0.29) is 6.04 Å². The van der Waals surface area contributed by atoms with E-state index in [9.17, 15) is 0 Å². The van der Waals surface area contributed by atoms with Gasteiger partial charge in [0.15, 0.2) is 0 Å². The topological polar surface area (TPSA) is 38.6 Å². The summed E-state index contributed by atoms with van der Waals surface area (Å²) >= 11 is 0. The van der Waals surface area contributed by atoms with Gasteiger partial charge >= 0.3 is 0 Å². The van der Waals surface area contributed by atoms with Crippen LogP contribution in [0.15, 0.2) is 176 Å². The van der Waals surface area contributed by atoms with Crippen molar-refractivity contribution in [2.75, 3.05) is 0 Å². The summed E-state index contributed by atoms with van der Waals surface area (Å²) in [6.07, 6.45) is 8.90. The molecule has 0 fully saturated rings. The minimum Gasteiger partial charge on any atom is -0.318 e. The van der Waals surface area contributed by atoms with E-state index in [2.05, 4.69) is 178 Å². The highest BCUT2D eigenvalue weighted by atomic mass is 15.2. The summed E-state index contributed by atoms with van der Waals surface area (Å²) in [5, 5.41) is 4.84. The Balaban J connectivity index is 1.24. The summed E-state index contributed by atoms with van der Waals surface area (Å²) in [6, 6.07) is 53.8. The van der Waals surface area contributed by atoms with Gasteiger partial charge in [-0.1, -0.05) is 127 Å². The molecule has 2 aliphatic rings. The van der Waals surface area contributed by atoms with E-state index in [0.717, 1.165) is 39.2 Å². The molecule has 0 saturated carbocycles. The molecule has 1 unspecified atom stereocenters. The van der Waals surface area contributed by atoms with Gasteiger partial charge in [-0.05, 0) is 24.3 Å². The molecule has 238 valence electrons. The van der Waals surface area contributed by atoms with E-state index in [1.54, 1.807) is 0 Å². The third kappa shape index (κ3) is 4.12. The molecule has 0 N–H and O–H groups in total. The summed E-state index contributed by atoms with van der Waals surface area (Å²) in [5.74, 6) is 0.652. The van der Waals surface area contributed by atoms with Crippen molar-refractivity contribution in [3.8, 4) is 28.5 Å². The van der Waals surface area contributed by atoms with Crippen LogP contribution < -0.4 is 4.58 Å². The molecule has 0 spiro atoms. The van der Waals surface area contributed by atoms with Gasteiger partial charge < -0.3 is 4.57 Å². The van der Waals surface area contributed by atoms with Gasteiger partial charge in [0.25, 0.3) is 0 Å². The SMILES string of the molecule is C1=CC2=[N+](c3ccccc3)c3cccc4c5cc6c7ccccc7n(-c7nc(-c8ccccc8)cc(-c8ccccc8)n7)c6cc5n(c34)C2C=C1. The van der Waals surface area contributed by atoms with E-state index in [1.807, 2.05) is 12.1 Å². The number of benzene rings is 6. The van der Waals surface area contributed by atoms with Crippen molar-refractivity contribution in [1.29, 1.82) is 0 Å². The first kappa shape index (κ1) is 28.0. The van der Waals surface area contributed by atoms with E-state index < -0.39 is 0 Å². The maximum atomic E-state index is 5.29. The van der Waals surface area contributed by atoms with Crippen LogP contribution in [0.2, 0.25) is 0 Å². The molecule has 0 amide bonds. The fourth-order valence-electron chi connectivity index (χ4n) is 8.22. The first-order valence-electron chi connectivity index (χ1n) is 17.4. The highest BCUT2D eigenvalue weighted by molar-refractivity contribution is 6.22. The van der Waals surface area contributed by atoms with Crippen LogP contribution in [0.25, 0.3) is 72.1 Å². The Kier molecular flexibility index (Phi) is 5.95. The zero-order valence-corrected chi connectivity index (χ0v) is 27.6. The van der Waals surface area contributed by atoms with Crippen LogP contribution in [-0.4, -0.2) is 24.8 Å². The average molecular weight is 653 g/mol. The maximum absolute atomic E-state index is 5.29. The lowest BCUT2D eigenvalue weighted by atomic mass is 10.0. The molecule has 1 aliphatic heterocycles. The molecule has 51 heavy (non-hydrogen) atoms. The molecule has 9 aromatic rings. The Bertz CT molecular complexity index is 2890. The maximum Gasteiger partial charge on any atom is 0.235 e. The van der Waals surface area contributed by atoms with Crippen molar-refractivity contribution in [2.45, 2.75) is 6.04 Å². The fourth-order valence-corrected chi connectivity index (χ4v) is 8.22. The zero-order chi connectivity index (χ0) is 33.5. The van der Waals surface area contributed by atoms with Crippen LogP contribution >= 0.6 is 0 Å². The fraction of sp³-hybridized carbons (Fsp3) is 0.0217. The van der Waals surface area contributed by atoms with Crippen LogP contribution in [0.1, 0.15) is 6.04 Å². The number of para-hydroxylation sites is 3. The normalized spacial score (nSPS) is 15.0. The van der Waals surface area contributed by atoms with E-state index in [4.69, 9.17) is 9.97 Å². The molecular weight excluding hydrogens is 623 g/mol. The van der Waals surface area contributed by atoms with Gasteiger partial charge in [-0.25, -0.2) is 9.97 Å². The van der Waals surface area contributed by atoms with E-state index in [1.165, 1.54) is 44.0 Å². The Labute approximate surface area is 294 Å². The minimum absolute atomic E-state index is 0.0303. The lowest BCUT2D eigenvalue weighted by Crippen LogP contribution is -2.30. The highest BCUT2D eigenvalue weighted by Gasteiger charge is 2.37. The van der Waals surface area contributed by atoms with Crippen LogP contribution in [0.3, 0.4) is 0 Å². The summed E-state index contributed by atoms with van der Waals surface area (Å²) in [6.45, 7) is 0. The third-order valence-corrected chi connectivity index (χ3v) is 10.4. The van der Waals surface area contributed by atoms with Crippen LogP contribution in [0.4, 0.5) is 11.4 Å². The predicted octanol–water partition coefficient (Wildman–Crippen LogP) is 11.0. The highest BCUT2D eigenvalue weighted by Crippen LogP contribution is 2.45. The molecule has 11 rings (SSSR count). The second kappa shape index (κ2) is 10.8. The number of hydrogen-bond acceptors (Lipinski definition) is 2. The first-order chi connectivity index (χ1) is 25.3. The van der Waals surface area contributed by atoms with Gasteiger partial charge in [0, 0.05) is 56.9 Å². The van der Waals surface area contributed by atoms with Gasteiger partial charge in [0.05, 0.1) is 27.9 Å². The van der Waals surface area contributed by atoms with E-state index in [0.29, 0.717) is 5.95 Å².